The topological polar surface area (TPSA) is 30.9 Å². The first-order chi connectivity index (χ1) is 13.3. The van der Waals surface area contributed by atoms with Crippen molar-refractivity contribution >= 4 is 17.5 Å². The molecule has 3 fully saturated rings. The van der Waals surface area contributed by atoms with Gasteiger partial charge in [-0.3, -0.25) is 4.99 Å². The lowest BCUT2D eigenvalue weighted by atomic mass is 9.70. The van der Waals surface area contributed by atoms with Crippen LogP contribution in [0.5, 0.6) is 0 Å². The first-order valence-corrected chi connectivity index (χ1v) is 10.8. The number of hydrogen-bond acceptors (Lipinski definition) is 4. The zero-order valence-corrected chi connectivity index (χ0v) is 16.4. The van der Waals surface area contributed by atoms with E-state index in [1.807, 2.05) is 6.21 Å². The second kappa shape index (κ2) is 7.31. The molecule has 0 unspecified atom stereocenters. The van der Waals surface area contributed by atoms with E-state index in [-0.39, 0.29) is 0 Å². The van der Waals surface area contributed by atoms with E-state index in [2.05, 4.69) is 50.6 Å². The van der Waals surface area contributed by atoms with Crippen molar-refractivity contribution < 1.29 is 0 Å². The molecule has 27 heavy (non-hydrogen) atoms. The van der Waals surface area contributed by atoms with E-state index in [0.717, 1.165) is 6.04 Å². The van der Waals surface area contributed by atoms with Gasteiger partial charge in [0, 0.05) is 42.8 Å². The fourth-order valence-electron chi connectivity index (χ4n) is 5.27. The van der Waals surface area contributed by atoms with Gasteiger partial charge in [-0.25, -0.2) is 0 Å². The number of aliphatic imine (C=N–C) groups is 1. The summed E-state index contributed by atoms with van der Waals surface area (Å²) >= 11 is 0. The maximum absolute atomic E-state index is 4.30. The van der Waals surface area contributed by atoms with E-state index in [0.29, 0.717) is 12.1 Å². The van der Waals surface area contributed by atoms with E-state index in [9.17, 15) is 0 Å². The van der Waals surface area contributed by atoms with Gasteiger partial charge in [0.2, 0.25) is 0 Å². The average Bonchev–Trinajstić information content (AvgIpc) is 2.70. The molecule has 0 atom stereocenters. The highest BCUT2D eigenvalue weighted by Crippen LogP contribution is 2.43. The number of benzene rings is 1. The second-order valence-corrected chi connectivity index (χ2v) is 8.93. The molecule has 1 N–H and O–H groups in total. The van der Waals surface area contributed by atoms with Crippen molar-refractivity contribution in [1.82, 2.24) is 10.2 Å². The Morgan fingerprint density at radius 1 is 0.926 bits per heavy atom. The van der Waals surface area contributed by atoms with Crippen LogP contribution in [0.4, 0.5) is 5.69 Å². The minimum absolute atomic E-state index is 0.631. The van der Waals surface area contributed by atoms with Gasteiger partial charge in [-0.2, -0.15) is 0 Å². The van der Waals surface area contributed by atoms with Crippen molar-refractivity contribution in [3.63, 3.8) is 0 Å². The zero-order valence-electron chi connectivity index (χ0n) is 16.4. The van der Waals surface area contributed by atoms with Gasteiger partial charge in [-0.1, -0.05) is 18.6 Å². The van der Waals surface area contributed by atoms with E-state index in [1.54, 1.807) is 0 Å². The SMILES string of the molecule is C1=NCNC=C1c1ccc(N2CCC3(CC2)CCN(C2CCC2)CC3)cc1. The molecule has 0 amide bonds. The lowest BCUT2D eigenvalue weighted by molar-refractivity contribution is 0.0306. The normalized spacial score (nSPS) is 25.8. The van der Waals surface area contributed by atoms with Gasteiger partial charge in [0.05, 0.1) is 0 Å². The summed E-state index contributed by atoms with van der Waals surface area (Å²) in [4.78, 5) is 9.68. The van der Waals surface area contributed by atoms with Crippen LogP contribution in [-0.2, 0) is 0 Å². The van der Waals surface area contributed by atoms with Crippen molar-refractivity contribution in [2.24, 2.45) is 10.4 Å². The number of nitrogens with one attached hydrogen (secondary N) is 1. The quantitative estimate of drug-likeness (QED) is 0.883. The molecule has 1 aromatic carbocycles. The van der Waals surface area contributed by atoms with Crippen molar-refractivity contribution in [3.05, 3.63) is 36.0 Å². The van der Waals surface area contributed by atoms with E-state index >= 15 is 0 Å². The van der Waals surface area contributed by atoms with Gasteiger partial charge in [0.15, 0.2) is 0 Å². The summed E-state index contributed by atoms with van der Waals surface area (Å²) in [7, 11) is 0. The molecule has 4 aliphatic rings. The fourth-order valence-corrected chi connectivity index (χ4v) is 5.27. The van der Waals surface area contributed by atoms with E-state index in [1.165, 1.54) is 87.9 Å². The number of anilines is 1. The van der Waals surface area contributed by atoms with Gasteiger partial charge in [0.1, 0.15) is 6.67 Å². The molecule has 0 bridgehead atoms. The largest absolute Gasteiger partial charge is 0.372 e. The Morgan fingerprint density at radius 3 is 2.22 bits per heavy atom. The molecule has 5 rings (SSSR count). The summed E-state index contributed by atoms with van der Waals surface area (Å²) in [6, 6.07) is 9.98. The molecular weight excluding hydrogens is 332 g/mol. The number of piperidine rings is 2. The van der Waals surface area contributed by atoms with Gasteiger partial charge in [0.25, 0.3) is 0 Å². The van der Waals surface area contributed by atoms with Crippen molar-refractivity contribution in [2.45, 2.75) is 51.0 Å². The standard InChI is InChI=1S/C23H32N4/c1-2-21(3-1)26-12-8-23(9-13-26)10-14-27(15-11-23)22-6-4-19(5-7-22)20-16-24-18-25-17-20/h4-7,16-17,21,24H,1-3,8-15,18H2. The van der Waals surface area contributed by atoms with Crippen LogP contribution in [-0.4, -0.2) is 50.0 Å². The van der Waals surface area contributed by atoms with Crippen LogP contribution in [0, 0.1) is 5.41 Å². The Hall–Kier alpha value is -1.81. The average molecular weight is 365 g/mol. The third kappa shape index (κ3) is 3.52. The Labute approximate surface area is 163 Å². The maximum atomic E-state index is 4.30. The maximum Gasteiger partial charge on any atom is 0.107 e. The summed E-state index contributed by atoms with van der Waals surface area (Å²) in [5, 5.41) is 3.19. The van der Waals surface area contributed by atoms with Crippen LogP contribution in [0.15, 0.2) is 35.5 Å². The van der Waals surface area contributed by atoms with Gasteiger partial charge >= 0.3 is 0 Å². The highest BCUT2D eigenvalue weighted by Gasteiger charge is 2.39. The van der Waals surface area contributed by atoms with Crippen LogP contribution in [0.2, 0.25) is 0 Å². The van der Waals surface area contributed by atoms with Gasteiger partial charge in [-0.15, -0.1) is 0 Å². The number of allylic oxidation sites excluding steroid dienone is 1. The molecule has 0 aromatic heterocycles. The third-order valence-electron chi connectivity index (χ3n) is 7.51. The molecule has 0 radical (unpaired) electrons. The van der Waals surface area contributed by atoms with Gasteiger partial charge < -0.3 is 15.1 Å². The Bertz CT molecular complexity index is 698. The smallest absolute Gasteiger partial charge is 0.107 e. The Kier molecular flexibility index (Phi) is 4.68. The first-order valence-electron chi connectivity index (χ1n) is 10.8. The molecule has 1 aromatic rings. The molecular formula is C23H32N4. The van der Waals surface area contributed by atoms with Crippen LogP contribution in [0.3, 0.4) is 0 Å². The lowest BCUT2D eigenvalue weighted by Crippen LogP contribution is -2.50. The van der Waals surface area contributed by atoms with Crippen LogP contribution < -0.4 is 10.2 Å². The number of likely N-dealkylation sites (tertiary alicyclic amines) is 1. The number of nitrogens with zero attached hydrogens (tertiary/aromatic N) is 3. The highest BCUT2D eigenvalue weighted by atomic mass is 15.2. The Balaban J connectivity index is 1.17. The molecule has 144 valence electrons. The summed E-state index contributed by atoms with van der Waals surface area (Å²) < 4.78 is 0. The molecule has 1 spiro atoms. The minimum atomic E-state index is 0.631. The summed E-state index contributed by atoms with van der Waals surface area (Å²) in [6.45, 7) is 5.83. The Morgan fingerprint density at radius 2 is 1.63 bits per heavy atom. The lowest BCUT2D eigenvalue weighted by Gasteiger charge is -2.50. The second-order valence-electron chi connectivity index (χ2n) is 8.93. The first kappa shape index (κ1) is 17.3. The molecule has 1 aliphatic carbocycles. The molecule has 4 nitrogen and oxygen atoms in total. The number of rotatable bonds is 3. The van der Waals surface area contributed by atoms with E-state index in [4.69, 9.17) is 0 Å². The summed E-state index contributed by atoms with van der Waals surface area (Å²) in [6.07, 6.45) is 14.0. The summed E-state index contributed by atoms with van der Waals surface area (Å²) in [5.41, 5.74) is 4.42. The zero-order chi connectivity index (χ0) is 18.1. The third-order valence-corrected chi connectivity index (χ3v) is 7.51. The van der Waals surface area contributed by atoms with E-state index < -0.39 is 0 Å². The summed E-state index contributed by atoms with van der Waals surface area (Å²) in [5.74, 6) is 0. The highest BCUT2D eigenvalue weighted by molar-refractivity contribution is 6.10. The molecule has 1 saturated carbocycles. The van der Waals surface area contributed by atoms with Crippen LogP contribution >= 0.6 is 0 Å². The molecule has 3 heterocycles. The molecule has 4 heteroatoms. The van der Waals surface area contributed by atoms with Crippen molar-refractivity contribution in [2.75, 3.05) is 37.7 Å². The molecule has 2 saturated heterocycles. The fraction of sp³-hybridized carbons (Fsp3) is 0.609. The monoisotopic (exact) mass is 364 g/mol. The van der Waals surface area contributed by atoms with Gasteiger partial charge in [-0.05, 0) is 74.7 Å². The van der Waals surface area contributed by atoms with Crippen LogP contribution in [0.1, 0.15) is 50.5 Å². The van der Waals surface area contributed by atoms with Crippen LogP contribution in [0.25, 0.3) is 5.57 Å². The minimum Gasteiger partial charge on any atom is -0.372 e. The van der Waals surface area contributed by atoms with Crippen molar-refractivity contribution in [1.29, 1.82) is 0 Å². The van der Waals surface area contributed by atoms with Crippen molar-refractivity contribution in [3.8, 4) is 0 Å². The predicted molar refractivity (Wildman–Crippen MR) is 113 cm³/mol. The molecule has 3 aliphatic heterocycles. The number of hydrogen-bond donors (Lipinski definition) is 1. The predicted octanol–water partition coefficient (Wildman–Crippen LogP) is 3.89.